The molecule has 136 valence electrons. The van der Waals surface area contributed by atoms with Crippen LogP contribution in [-0.4, -0.2) is 39.8 Å². The molecular weight excluding hydrogens is 340 g/mol. The lowest BCUT2D eigenvalue weighted by atomic mass is 10.1. The molecule has 2 rings (SSSR count). The van der Waals surface area contributed by atoms with Crippen LogP contribution in [0.4, 0.5) is 5.69 Å². The Kier molecular flexibility index (Phi) is 5.84. The van der Waals surface area contributed by atoms with Gasteiger partial charge in [-0.1, -0.05) is 18.2 Å². The van der Waals surface area contributed by atoms with Gasteiger partial charge in [0.15, 0.2) is 0 Å². The van der Waals surface area contributed by atoms with E-state index in [9.17, 15) is 19.2 Å². The Balaban J connectivity index is 2.38. The molecule has 0 saturated carbocycles. The van der Waals surface area contributed by atoms with E-state index in [0.717, 1.165) is 0 Å². The maximum absolute atomic E-state index is 12.6. The molecule has 1 unspecified atom stereocenters. The van der Waals surface area contributed by atoms with Crippen molar-refractivity contribution in [1.82, 2.24) is 10.3 Å². The molecule has 9 nitrogen and oxygen atoms in total. The highest BCUT2D eigenvalue weighted by molar-refractivity contribution is 6.12. The zero-order valence-electron chi connectivity index (χ0n) is 14.0. The normalized spacial score (nSPS) is 11.6. The number of anilines is 1. The summed E-state index contributed by atoms with van der Waals surface area (Å²) in [5.74, 6) is -3.01. The number of amides is 3. The molecule has 0 spiro atoms. The van der Waals surface area contributed by atoms with Crippen LogP contribution in [0.3, 0.4) is 0 Å². The van der Waals surface area contributed by atoms with Gasteiger partial charge in [-0.2, -0.15) is 0 Å². The predicted octanol–water partition coefficient (Wildman–Crippen LogP) is 0.642. The van der Waals surface area contributed by atoms with E-state index in [2.05, 4.69) is 15.6 Å². The summed E-state index contributed by atoms with van der Waals surface area (Å²) in [6, 6.07) is 5.75. The number of para-hydroxylation sites is 1. The first kappa shape index (κ1) is 18.8. The molecule has 5 N–H and O–H groups in total. The Morgan fingerprint density at radius 1 is 1.23 bits per heavy atom. The summed E-state index contributed by atoms with van der Waals surface area (Å²) in [6.07, 6.45) is 0.846. The first-order valence-corrected chi connectivity index (χ1v) is 7.77. The molecule has 1 heterocycles. The number of carboxylic acid groups (broad SMARTS) is 1. The summed E-state index contributed by atoms with van der Waals surface area (Å²) in [4.78, 5) is 50.5. The van der Waals surface area contributed by atoms with Crippen LogP contribution in [0.1, 0.15) is 30.1 Å². The van der Waals surface area contributed by atoms with Crippen molar-refractivity contribution in [3.8, 4) is 0 Å². The largest absolute Gasteiger partial charge is 0.481 e. The fourth-order valence-electron chi connectivity index (χ4n) is 2.46. The van der Waals surface area contributed by atoms with E-state index in [0.29, 0.717) is 10.9 Å². The Labute approximate surface area is 148 Å². The number of nitrogens with zero attached hydrogens (tertiary/aromatic N) is 1. The second-order valence-corrected chi connectivity index (χ2v) is 5.60. The first-order chi connectivity index (χ1) is 12.3. The van der Waals surface area contributed by atoms with E-state index in [1.165, 1.54) is 13.1 Å². The van der Waals surface area contributed by atoms with Crippen molar-refractivity contribution >= 4 is 40.3 Å². The van der Waals surface area contributed by atoms with E-state index in [-0.39, 0.29) is 24.1 Å². The van der Waals surface area contributed by atoms with Crippen molar-refractivity contribution < 1.29 is 24.3 Å². The average molecular weight is 358 g/mol. The highest BCUT2D eigenvalue weighted by Gasteiger charge is 2.23. The number of aliphatic carboxylic acids is 1. The topological polar surface area (TPSA) is 151 Å². The number of benzene rings is 1. The van der Waals surface area contributed by atoms with Crippen LogP contribution < -0.4 is 16.4 Å². The van der Waals surface area contributed by atoms with Gasteiger partial charge in [0.2, 0.25) is 11.8 Å². The van der Waals surface area contributed by atoms with Crippen LogP contribution in [0.2, 0.25) is 0 Å². The number of nitrogens with two attached hydrogens (primary N) is 1. The van der Waals surface area contributed by atoms with Crippen molar-refractivity contribution in [3.63, 3.8) is 0 Å². The molecule has 2 aromatic rings. The quantitative estimate of drug-likeness (QED) is 0.570. The van der Waals surface area contributed by atoms with Gasteiger partial charge in [0.05, 0.1) is 16.8 Å². The summed E-state index contributed by atoms with van der Waals surface area (Å²) in [7, 11) is 0. The standard InChI is InChI=1S/C17H18N4O5/c1-9(22)20-13(6-7-14(23)24)17(26)21-15-10-4-2-3-5-12(10)19-8-11(15)16(18)25/h2-5,8,13H,6-7H2,1H3,(H2,18,25)(H,20,22)(H,23,24)(H,19,21,26). The van der Waals surface area contributed by atoms with Crippen LogP contribution in [0.15, 0.2) is 30.5 Å². The zero-order chi connectivity index (χ0) is 19.3. The minimum absolute atomic E-state index is 0.0110. The molecule has 0 aliphatic carbocycles. The molecule has 0 saturated heterocycles. The Bertz CT molecular complexity index is 881. The number of fused-ring (bicyclic) bond motifs is 1. The van der Waals surface area contributed by atoms with Gasteiger partial charge in [-0.25, -0.2) is 0 Å². The fourth-order valence-corrected chi connectivity index (χ4v) is 2.46. The Morgan fingerprint density at radius 2 is 1.92 bits per heavy atom. The van der Waals surface area contributed by atoms with Crippen molar-refractivity contribution in [1.29, 1.82) is 0 Å². The first-order valence-electron chi connectivity index (χ1n) is 7.77. The average Bonchev–Trinajstić information content (AvgIpc) is 2.58. The third-order valence-corrected chi connectivity index (χ3v) is 3.63. The number of hydrogen-bond donors (Lipinski definition) is 4. The minimum atomic E-state index is -1.10. The van der Waals surface area contributed by atoms with E-state index in [4.69, 9.17) is 10.8 Å². The van der Waals surface area contributed by atoms with Crippen molar-refractivity contribution in [2.24, 2.45) is 5.73 Å². The van der Waals surface area contributed by atoms with Crippen LogP contribution in [-0.2, 0) is 14.4 Å². The molecule has 26 heavy (non-hydrogen) atoms. The zero-order valence-corrected chi connectivity index (χ0v) is 14.0. The highest BCUT2D eigenvalue weighted by atomic mass is 16.4. The molecule has 0 aliphatic rings. The van der Waals surface area contributed by atoms with Crippen LogP contribution in [0.25, 0.3) is 10.9 Å². The highest BCUT2D eigenvalue weighted by Crippen LogP contribution is 2.26. The number of pyridine rings is 1. The molecule has 1 aromatic carbocycles. The number of rotatable bonds is 7. The summed E-state index contributed by atoms with van der Waals surface area (Å²) >= 11 is 0. The summed E-state index contributed by atoms with van der Waals surface area (Å²) in [5, 5.41) is 14.3. The lowest BCUT2D eigenvalue weighted by Crippen LogP contribution is -2.43. The fraction of sp³-hybridized carbons (Fsp3) is 0.235. The predicted molar refractivity (Wildman–Crippen MR) is 93.4 cm³/mol. The molecule has 0 fully saturated rings. The van der Waals surface area contributed by atoms with Gasteiger partial charge >= 0.3 is 5.97 Å². The van der Waals surface area contributed by atoms with E-state index in [1.807, 2.05) is 0 Å². The van der Waals surface area contributed by atoms with Gasteiger partial charge in [0.1, 0.15) is 6.04 Å². The Hall–Kier alpha value is -3.49. The number of primary amides is 1. The molecule has 9 heteroatoms. The number of carboxylic acids is 1. The van der Waals surface area contributed by atoms with Crippen LogP contribution in [0, 0.1) is 0 Å². The summed E-state index contributed by atoms with van der Waals surface area (Å²) in [5.41, 5.74) is 6.07. The Morgan fingerprint density at radius 3 is 2.54 bits per heavy atom. The van der Waals surface area contributed by atoms with Gasteiger partial charge in [-0.05, 0) is 12.5 Å². The van der Waals surface area contributed by atoms with Crippen molar-refractivity contribution in [2.45, 2.75) is 25.8 Å². The smallest absolute Gasteiger partial charge is 0.303 e. The number of aromatic nitrogens is 1. The summed E-state index contributed by atoms with van der Waals surface area (Å²) < 4.78 is 0. The van der Waals surface area contributed by atoms with Gasteiger partial charge in [0, 0.05) is 24.9 Å². The monoisotopic (exact) mass is 358 g/mol. The molecule has 0 bridgehead atoms. The van der Waals surface area contributed by atoms with Crippen molar-refractivity contribution in [2.75, 3.05) is 5.32 Å². The number of carbonyl (C=O) groups excluding carboxylic acids is 3. The van der Waals surface area contributed by atoms with E-state index in [1.54, 1.807) is 24.3 Å². The third-order valence-electron chi connectivity index (χ3n) is 3.63. The SMILES string of the molecule is CC(=O)NC(CCC(=O)O)C(=O)Nc1c(C(N)=O)cnc2ccccc12. The van der Waals surface area contributed by atoms with Gasteiger partial charge in [-0.3, -0.25) is 24.2 Å². The molecule has 1 atom stereocenters. The lowest BCUT2D eigenvalue weighted by Gasteiger charge is -2.18. The maximum atomic E-state index is 12.6. The van der Waals surface area contributed by atoms with Crippen LogP contribution in [0.5, 0.6) is 0 Å². The second-order valence-electron chi connectivity index (χ2n) is 5.60. The molecule has 3 amide bonds. The number of nitrogens with one attached hydrogen (secondary N) is 2. The van der Waals surface area contributed by atoms with E-state index < -0.39 is 29.7 Å². The number of hydrogen-bond acceptors (Lipinski definition) is 5. The second kappa shape index (κ2) is 8.06. The molecule has 1 aromatic heterocycles. The van der Waals surface area contributed by atoms with Crippen molar-refractivity contribution in [3.05, 3.63) is 36.0 Å². The van der Waals surface area contributed by atoms with Gasteiger partial charge in [0.25, 0.3) is 5.91 Å². The summed E-state index contributed by atoms with van der Waals surface area (Å²) in [6.45, 7) is 1.22. The van der Waals surface area contributed by atoms with Crippen LogP contribution >= 0.6 is 0 Å². The number of carbonyl (C=O) groups is 4. The van der Waals surface area contributed by atoms with Gasteiger partial charge in [-0.15, -0.1) is 0 Å². The molecular formula is C17H18N4O5. The maximum Gasteiger partial charge on any atom is 0.303 e. The minimum Gasteiger partial charge on any atom is -0.481 e. The molecule has 0 aliphatic heterocycles. The lowest BCUT2D eigenvalue weighted by molar-refractivity contribution is -0.137. The van der Waals surface area contributed by atoms with E-state index >= 15 is 0 Å². The third kappa shape index (κ3) is 4.53. The van der Waals surface area contributed by atoms with Gasteiger partial charge < -0.3 is 21.5 Å². The molecule has 0 radical (unpaired) electrons.